The van der Waals surface area contributed by atoms with Crippen LogP contribution in [0.5, 0.6) is 0 Å². The van der Waals surface area contributed by atoms with Crippen molar-refractivity contribution in [1.82, 2.24) is 19.8 Å². The number of anilines is 1. The van der Waals surface area contributed by atoms with Crippen molar-refractivity contribution in [3.63, 3.8) is 0 Å². The molecular formula is C9H6FN5S. The van der Waals surface area contributed by atoms with Gasteiger partial charge in [0.05, 0.1) is 5.69 Å². The van der Waals surface area contributed by atoms with Crippen LogP contribution >= 0.6 is 11.3 Å². The van der Waals surface area contributed by atoms with E-state index in [0.717, 1.165) is 0 Å². The third kappa shape index (κ3) is 1.33. The van der Waals surface area contributed by atoms with Gasteiger partial charge in [-0.25, -0.2) is 4.39 Å². The third-order valence-corrected chi connectivity index (χ3v) is 3.10. The highest BCUT2D eigenvalue weighted by Crippen LogP contribution is 2.26. The van der Waals surface area contributed by atoms with E-state index in [-0.39, 0.29) is 5.69 Å². The third-order valence-electron chi connectivity index (χ3n) is 2.13. The minimum atomic E-state index is -0.441. The molecule has 0 aliphatic carbocycles. The summed E-state index contributed by atoms with van der Waals surface area (Å²) in [5.74, 6) is -0.441. The first-order valence-corrected chi connectivity index (χ1v) is 5.28. The fourth-order valence-electron chi connectivity index (χ4n) is 1.34. The summed E-state index contributed by atoms with van der Waals surface area (Å²) in [7, 11) is 0. The highest BCUT2D eigenvalue weighted by molar-refractivity contribution is 7.19. The van der Waals surface area contributed by atoms with Crippen molar-refractivity contribution >= 4 is 22.0 Å². The molecule has 3 rings (SSSR count). The van der Waals surface area contributed by atoms with Crippen LogP contribution in [-0.2, 0) is 0 Å². The highest BCUT2D eigenvalue weighted by atomic mass is 32.1. The zero-order valence-corrected chi connectivity index (χ0v) is 8.78. The summed E-state index contributed by atoms with van der Waals surface area (Å²) < 4.78 is 14.8. The Morgan fingerprint density at radius 3 is 3.00 bits per heavy atom. The zero-order valence-electron chi connectivity index (χ0n) is 7.96. The van der Waals surface area contributed by atoms with Crippen LogP contribution in [0.25, 0.3) is 15.5 Å². The molecule has 2 N–H and O–H groups in total. The number of nitrogen functional groups attached to an aromatic ring is 1. The summed E-state index contributed by atoms with van der Waals surface area (Å²) in [6.07, 6.45) is 1.50. The quantitative estimate of drug-likeness (QED) is 0.650. The normalized spacial score (nSPS) is 11.1. The van der Waals surface area contributed by atoms with E-state index >= 15 is 0 Å². The average Bonchev–Trinajstić information content (AvgIpc) is 2.81. The van der Waals surface area contributed by atoms with Crippen molar-refractivity contribution in [1.29, 1.82) is 0 Å². The van der Waals surface area contributed by atoms with Crippen LogP contribution in [0.2, 0.25) is 0 Å². The SMILES string of the molecule is Nc1ccc(-c2nn3cnnc3s2)cc1F. The topological polar surface area (TPSA) is 69.1 Å². The molecule has 16 heavy (non-hydrogen) atoms. The first-order chi connectivity index (χ1) is 7.74. The van der Waals surface area contributed by atoms with Gasteiger partial charge in [-0.05, 0) is 18.2 Å². The standard InChI is InChI=1S/C9H6FN5S/c10-6-3-5(1-2-7(6)11)8-14-15-4-12-13-9(15)16-8/h1-4H,11H2. The van der Waals surface area contributed by atoms with Crippen molar-refractivity contribution in [3.05, 3.63) is 30.3 Å². The van der Waals surface area contributed by atoms with E-state index in [9.17, 15) is 4.39 Å². The molecule has 0 bridgehead atoms. The van der Waals surface area contributed by atoms with Crippen molar-refractivity contribution in [2.24, 2.45) is 0 Å². The number of rotatable bonds is 1. The number of nitrogens with two attached hydrogens (primary N) is 1. The molecule has 80 valence electrons. The van der Waals surface area contributed by atoms with E-state index in [0.29, 0.717) is 15.5 Å². The Morgan fingerprint density at radius 1 is 1.38 bits per heavy atom. The molecule has 5 nitrogen and oxygen atoms in total. The second-order valence-electron chi connectivity index (χ2n) is 3.20. The van der Waals surface area contributed by atoms with Crippen LogP contribution in [0.3, 0.4) is 0 Å². The molecule has 0 saturated carbocycles. The molecular weight excluding hydrogens is 229 g/mol. The predicted molar refractivity (Wildman–Crippen MR) is 58.5 cm³/mol. The Kier molecular flexibility index (Phi) is 1.87. The molecule has 3 aromatic rings. The lowest BCUT2D eigenvalue weighted by molar-refractivity contribution is 0.633. The molecule has 2 heterocycles. The summed E-state index contributed by atoms with van der Waals surface area (Å²) in [6.45, 7) is 0. The molecule has 0 fully saturated rings. The second-order valence-corrected chi connectivity index (χ2v) is 4.16. The fraction of sp³-hybridized carbons (Fsp3) is 0. The monoisotopic (exact) mass is 235 g/mol. The molecule has 1 aromatic carbocycles. The van der Waals surface area contributed by atoms with Crippen LogP contribution in [0.1, 0.15) is 0 Å². The summed E-state index contributed by atoms with van der Waals surface area (Å²) in [6, 6.07) is 4.61. The van der Waals surface area contributed by atoms with Gasteiger partial charge in [0, 0.05) is 5.56 Å². The summed E-state index contributed by atoms with van der Waals surface area (Å²) in [5, 5.41) is 12.5. The lowest BCUT2D eigenvalue weighted by atomic mass is 10.2. The van der Waals surface area contributed by atoms with E-state index in [4.69, 9.17) is 5.73 Å². The smallest absolute Gasteiger partial charge is 0.234 e. The lowest BCUT2D eigenvalue weighted by Crippen LogP contribution is -1.90. The summed E-state index contributed by atoms with van der Waals surface area (Å²) in [4.78, 5) is 0.673. The van der Waals surface area contributed by atoms with Gasteiger partial charge >= 0.3 is 0 Å². The number of hydrogen-bond acceptors (Lipinski definition) is 5. The van der Waals surface area contributed by atoms with Gasteiger partial charge in [0.1, 0.15) is 17.2 Å². The maximum Gasteiger partial charge on any atom is 0.234 e. The molecule has 0 unspecified atom stereocenters. The zero-order chi connectivity index (χ0) is 11.1. The van der Waals surface area contributed by atoms with Crippen molar-refractivity contribution < 1.29 is 4.39 Å². The molecule has 0 aliphatic heterocycles. The van der Waals surface area contributed by atoms with E-state index < -0.39 is 5.82 Å². The minimum Gasteiger partial charge on any atom is -0.396 e. The summed E-state index contributed by atoms with van der Waals surface area (Å²) in [5.41, 5.74) is 6.22. The lowest BCUT2D eigenvalue weighted by Gasteiger charge is -1.98. The molecule has 0 radical (unpaired) electrons. The van der Waals surface area contributed by atoms with Gasteiger partial charge in [0.2, 0.25) is 4.96 Å². The molecule has 0 aliphatic rings. The van der Waals surface area contributed by atoms with Gasteiger partial charge in [-0.15, -0.1) is 10.2 Å². The Morgan fingerprint density at radius 2 is 2.25 bits per heavy atom. The van der Waals surface area contributed by atoms with Gasteiger partial charge in [-0.1, -0.05) is 11.3 Å². The minimum absolute atomic E-state index is 0.131. The van der Waals surface area contributed by atoms with Crippen LogP contribution in [0.15, 0.2) is 24.5 Å². The molecule has 0 atom stereocenters. The first kappa shape index (κ1) is 9.22. The van der Waals surface area contributed by atoms with E-state index in [1.165, 1.54) is 29.8 Å². The van der Waals surface area contributed by atoms with Crippen LogP contribution in [0, 0.1) is 5.82 Å². The predicted octanol–water partition coefficient (Wildman–Crippen LogP) is 1.57. The van der Waals surface area contributed by atoms with Gasteiger partial charge in [0.25, 0.3) is 0 Å². The van der Waals surface area contributed by atoms with Crippen LogP contribution in [0.4, 0.5) is 10.1 Å². The van der Waals surface area contributed by atoms with Gasteiger partial charge in [0.15, 0.2) is 0 Å². The Hall–Kier alpha value is -2.02. The Bertz CT molecular complexity index is 630. The Balaban J connectivity index is 2.15. The van der Waals surface area contributed by atoms with E-state index in [2.05, 4.69) is 15.3 Å². The van der Waals surface area contributed by atoms with Gasteiger partial charge in [-0.3, -0.25) is 0 Å². The van der Waals surface area contributed by atoms with Crippen LogP contribution in [-0.4, -0.2) is 19.8 Å². The van der Waals surface area contributed by atoms with Crippen LogP contribution < -0.4 is 5.73 Å². The number of fused-ring (bicyclic) bond motifs is 1. The van der Waals surface area contributed by atoms with E-state index in [1.807, 2.05) is 0 Å². The largest absolute Gasteiger partial charge is 0.396 e. The average molecular weight is 235 g/mol. The highest BCUT2D eigenvalue weighted by Gasteiger charge is 2.09. The Labute approximate surface area is 93.3 Å². The fourth-order valence-corrected chi connectivity index (χ4v) is 2.15. The van der Waals surface area contributed by atoms with Gasteiger partial charge < -0.3 is 5.73 Å². The number of hydrogen-bond donors (Lipinski definition) is 1. The van der Waals surface area contributed by atoms with Crippen molar-refractivity contribution in [3.8, 4) is 10.6 Å². The number of benzene rings is 1. The first-order valence-electron chi connectivity index (χ1n) is 4.46. The van der Waals surface area contributed by atoms with Crippen molar-refractivity contribution in [2.75, 3.05) is 5.73 Å². The number of nitrogens with zero attached hydrogens (tertiary/aromatic N) is 4. The molecule has 7 heteroatoms. The molecule has 0 saturated heterocycles. The number of halogens is 1. The second kappa shape index (κ2) is 3.24. The number of aromatic nitrogens is 4. The molecule has 0 amide bonds. The van der Waals surface area contributed by atoms with E-state index in [1.54, 1.807) is 10.6 Å². The maximum absolute atomic E-state index is 13.3. The summed E-state index contributed by atoms with van der Waals surface area (Å²) >= 11 is 1.34. The maximum atomic E-state index is 13.3. The van der Waals surface area contributed by atoms with Gasteiger partial charge in [-0.2, -0.15) is 9.61 Å². The molecule has 0 spiro atoms. The van der Waals surface area contributed by atoms with Crippen molar-refractivity contribution in [2.45, 2.75) is 0 Å². The molecule has 2 aromatic heterocycles.